The number of amides is 1. The predicted octanol–water partition coefficient (Wildman–Crippen LogP) is 3.75. The lowest BCUT2D eigenvalue weighted by atomic mass is 10.0. The van der Waals surface area contributed by atoms with Crippen LogP contribution in [0.2, 0.25) is 10.0 Å². The van der Waals surface area contributed by atoms with E-state index in [0.29, 0.717) is 5.56 Å². The van der Waals surface area contributed by atoms with Crippen LogP contribution in [0.4, 0.5) is 4.39 Å². The number of aryl methyl sites for hydroxylation is 1. The summed E-state index contributed by atoms with van der Waals surface area (Å²) in [5.41, 5.74) is -0.380. The van der Waals surface area contributed by atoms with Crippen LogP contribution in [-0.4, -0.2) is 41.7 Å². The van der Waals surface area contributed by atoms with Crippen LogP contribution in [0.5, 0.6) is 0 Å². The molecule has 5 aromatic rings. The third-order valence-electron chi connectivity index (χ3n) is 6.55. The molecular formula is C28H20Cl2FN5O5. The molecule has 1 amide bonds. The minimum atomic E-state index is -1.33. The summed E-state index contributed by atoms with van der Waals surface area (Å²) in [7, 11) is 1.47. The molecule has 0 aliphatic heterocycles. The van der Waals surface area contributed by atoms with Crippen molar-refractivity contribution in [3.63, 3.8) is 0 Å². The van der Waals surface area contributed by atoms with Crippen LogP contribution >= 0.6 is 23.2 Å². The summed E-state index contributed by atoms with van der Waals surface area (Å²) >= 11 is 12.1. The molecule has 0 bridgehead atoms. The molecule has 3 aromatic carbocycles. The van der Waals surface area contributed by atoms with Crippen LogP contribution in [-0.2, 0) is 18.3 Å². The van der Waals surface area contributed by atoms with E-state index in [4.69, 9.17) is 23.2 Å². The van der Waals surface area contributed by atoms with E-state index in [2.05, 4.69) is 10.3 Å². The third kappa shape index (κ3) is 5.24. The fraction of sp³-hybridized carbons (Fsp3) is 0.107. The van der Waals surface area contributed by atoms with Gasteiger partial charge in [0, 0.05) is 25.9 Å². The Kier molecular flexibility index (Phi) is 7.48. The van der Waals surface area contributed by atoms with Crippen LogP contribution in [0.1, 0.15) is 15.9 Å². The molecule has 2 N–H and O–H groups in total. The zero-order valence-corrected chi connectivity index (χ0v) is 22.7. The van der Waals surface area contributed by atoms with Gasteiger partial charge in [-0.2, -0.15) is 0 Å². The number of carbonyl (C=O) groups is 2. The summed E-state index contributed by atoms with van der Waals surface area (Å²) in [6.45, 7) is 0. The van der Waals surface area contributed by atoms with Crippen molar-refractivity contribution < 1.29 is 19.1 Å². The zero-order valence-electron chi connectivity index (χ0n) is 21.2. The Morgan fingerprint density at radius 2 is 1.76 bits per heavy atom. The number of hydrogen-bond donors (Lipinski definition) is 2. The number of fused-ring (bicyclic) bond motifs is 1. The van der Waals surface area contributed by atoms with Crippen molar-refractivity contribution in [2.24, 2.45) is 7.05 Å². The topological polar surface area (TPSA) is 128 Å². The summed E-state index contributed by atoms with van der Waals surface area (Å²) in [4.78, 5) is 55.1. The van der Waals surface area contributed by atoms with Crippen molar-refractivity contribution in [3.8, 4) is 11.4 Å². The Bertz CT molecular complexity index is 1920. The highest BCUT2D eigenvalue weighted by Gasteiger charge is 2.24. The quantitative estimate of drug-likeness (QED) is 0.295. The lowest BCUT2D eigenvalue weighted by Gasteiger charge is -2.16. The molecule has 2 aromatic heterocycles. The summed E-state index contributed by atoms with van der Waals surface area (Å²) in [5.74, 6) is -2.71. The van der Waals surface area contributed by atoms with Gasteiger partial charge in [-0.15, -0.1) is 0 Å². The van der Waals surface area contributed by atoms with E-state index in [1.54, 1.807) is 6.07 Å². The van der Waals surface area contributed by atoms with Gasteiger partial charge in [0.15, 0.2) is 0 Å². The average Bonchev–Trinajstić information content (AvgIpc) is 3.47. The predicted molar refractivity (Wildman–Crippen MR) is 151 cm³/mol. The van der Waals surface area contributed by atoms with Crippen molar-refractivity contribution in [3.05, 3.63) is 121 Å². The number of halogens is 3. The maximum atomic E-state index is 14.9. The second-order valence-electron chi connectivity index (χ2n) is 9.10. The van der Waals surface area contributed by atoms with Gasteiger partial charge in [0.1, 0.15) is 11.9 Å². The van der Waals surface area contributed by atoms with Gasteiger partial charge in [0.2, 0.25) is 0 Å². The number of rotatable bonds is 7. The molecule has 0 aliphatic carbocycles. The minimum absolute atomic E-state index is 0.00979. The fourth-order valence-electron chi connectivity index (χ4n) is 4.45. The highest BCUT2D eigenvalue weighted by Crippen LogP contribution is 2.24. The number of carbonyl (C=O) groups excluding carboxylic acids is 1. The molecule has 2 heterocycles. The van der Waals surface area contributed by atoms with Gasteiger partial charge < -0.3 is 15.0 Å². The number of imidazole rings is 1. The SMILES string of the molecule is Cn1c(=O)n(-c2ccc(C[C@H](NC(=O)c3c(Cl)cccc3Cl)C(=O)O)cc2)c(=O)c2cc(F)c(-n3ccnc3)cc21. The van der Waals surface area contributed by atoms with E-state index >= 15 is 0 Å². The van der Waals surface area contributed by atoms with Gasteiger partial charge in [0.25, 0.3) is 11.5 Å². The number of carboxylic acid groups (broad SMARTS) is 1. The molecule has 0 saturated carbocycles. The maximum Gasteiger partial charge on any atom is 0.335 e. The van der Waals surface area contributed by atoms with E-state index in [0.717, 1.165) is 10.6 Å². The number of carboxylic acids is 1. The Labute approximate surface area is 240 Å². The highest BCUT2D eigenvalue weighted by molar-refractivity contribution is 6.39. The van der Waals surface area contributed by atoms with Gasteiger partial charge in [-0.3, -0.25) is 14.2 Å². The van der Waals surface area contributed by atoms with Gasteiger partial charge in [0.05, 0.1) is 44.2 Å². The molecule has 0 aliphatic rings. The van der Waals surface area contributed by atoms with E-state index in [1.807, 2.05) is 0 Å². The summed E-state index contributed by atoms with van der Waals surface area (Å²) < 4.78 is 18.5. The van der Waals surface area contributed by atoms with Gasteiger partial charge in [-0.25, -0.2) is 23.5 Å². The van der Waals surface area contributed by atoms with Crippen LogP contribution in [0, 0.1) is 5.82 Å². The number of nitrogens with zero attached hydrogens (tertiary/aromatic N) is 4. The molecule has 0 unspecified atom stereocenters. The second-order valence-corrected chi connectivity index (χ2v) is 9.92. The maximum absolute atomic E-state index is 14.9. The smallest absolute Gasteiger partial charge is 0.335 e. The average molecular weight is 596 g/mol. The van der Waals surface area contributed by atoms with Crippen LogP contribution < -0.4 is 16.6 Å². The normalized spacial score (nSPS) is 11.9. The highest BCUT2D eigenvalue weighted by atomic mass is 35.5. The van der Waals surface area contributed by atoms with Gasteiger partial charge in [-0.1, -0.05) is 41.4 Å². The summed E-state index contributed by atoms with van der Waals surface area (Å²) in [6.07, 6.45) is 4.30. The minimum Gasteiger partial charge on any atom is -0.480 e. The fourth-order valence-corrected chi connectivity index (χ4v) is 5.02. The molecule has 0 saturated heterocycles. The first kappa shape index (κ1) is 27.8. The number of benzene rings is 3. The number of aliphatic carboxylic acids is 1. The second kappa shape index (κ2) is 11.0. The van der Waals surface area contributed by atoms with Crippen LogP contribution in [0.15, 0.2) is 82.9 Å². The molecule has 208 valence electrons. The zero-order chi connectivity index (χ0) is 29.4. The molecule has 10 nitrogen and oxygen atoms in total. The van der Waals surface area contributed by atoms with E-state index in [-0.39, 0.29) is 44.3 Å². The first-order chi connectivity index (χ1) is 19.6. The molecule has 0 fully saturated rings. The van der Waals surface area contributed by atoms with Crippen LogP contribution in [0.25, 0.3) is 22.3 Å². The molecular weight excluding hydrogens is 576 g/mol. The van der Waals surface area contributed by atoms with Crippen molar-refractivity contribution in [1.82, 2.24) is 24.0 Å². The van der Waals surface area contributed by atoms with Crippen molar-refractivity contribution in [2.75, 3.05) is 0 Å². The summed E-state index contributed by atoms with van der Waals surface area (Å²) in [6, 6.07) is 11.6. The molecule has 0 radical (unpaired) electrons. The molecule has 41 heavy (non-hydrogen) atoms. The van der Waals surface area contributed by atoms with Crippen molar-refractivity contribution in [2.45, 2.75) is 12.5 Å². The van der Waals surface area contributed by atoms with Gasteiger partial charge in [-0.05, 0) is 42.0 Å². The van der Waals surface area contributed by atoms with E-state index < -0.39 is 35.0 Å². The summed E-state index contributed by atoms with van der Waals surface area (Å²) in [5, 5.41) is 12.3. The Morgan fingerprint density at radius 1 is 1.07 bits per heavy atom. The molecule has 5 rings (SSSR count). The number of nitrogens with one attached hydrogen (secondary N) is 1. The Balaban J connectivity index is 1.45. The monoisotopic (exact) mass is 595 g/mol. The molecule has 13 heteroatoms. The Hall–Kier alpha value is -4.74. The lowest BCUT2D eigenvalue weighted by Crippen LogP contribution is -2.42. The van der Waals surface area contributed by atoms with E-state index in [1.165, 1.54) is 77.4 Å². The molecule has 1 atom stereocenters. The molecule has 0 spiro atoms. The number of hydrogen-bond acceptors (Lipinski definition) is 5. The van der Waals surface area contributed by atoms with Crippen molar-refractivity contribution in [1.29, 1.82) is 0 Å². The van der Waals surface area contributed by atoms with Crippen molar-refractivity contribution >= 4 is 46.0 Å². The van der Waals surface area contributed by atoms with Crippen LogP contribution in [0.3, 0.4) is 0 Å². The first-order valence-corrected chi connectivity index (χ1v) is 12.8. The largest absolute Gasteiger partial charge is 0.480 e. The van der Waals surface area contributed by atoms with Gasteiger partial charge >= 0.3 is 11.7 Å². The van der Waals surface area contributed by atoms with E-state index in [9.17, 15) is 28.7 Å². The Morgan fingerprint density at radius 3 is 2.37 bits per heavy atom. The first-order valence-electron chi connectivity index (χ1n) is 12.1. The number of aromatic nitrogens is 4. The third-order valence-corrected chi connectivity index (χ3v) is 7.18. The standard InChI is InChI=1S/C28H20Cl2FN5O5/c1-34-22-13-23(35-10-9-32-14-35)20(31)12-17(22)26(38)36(28(34)41)16-7-5-15(6-8-16)11-21(27(39)40)33-25(37)24-18(29)3-2-4-19(24)30/h2-10,12-14,21H,11H2,1H3,(H,33,37)(H,39,40)/t21-/m0/s1. The lowest BCUT2D eigenvalue weighted by molar-refractivity contribution is -0.139.